The summed E-state index contributed by atoms with van der Waals surface area (Å²) in [5, 5.41) is 1.03. The average molecular weight is 447 g/mol. The van der Waals surface area contributed by atoms with Crippen molar-refractivity contribution in [3.63, 3.8) is 0 Å². The van der Waals surface area contributed by atoms with Crippen LogP contribution in [-0.2, 0) is 16.6 Å². The average Bonchev–Trinajstić information content (AvgIpc) is 3.52. The maximum atomic E-state index is 13.5. The minimum atomic E-state index is -3.65. The fraction of sp³-hybridized carbons (Fsp3) is 0.407. The molecule has 0 amide bonds. The van der Waals surface area contributed by atoms with Crippen LogP contribution in [0, 0.1) is 24.2 Å². The van der Waals surface area contributed by atoms with Gasteiger partial charge in [0.05, 0.1) is 10.4 Å². The molecule has 0 radical (unpaired) electrons. The third kappa shape index (κ3) is 3.01. The smallest absolute Gasteiger partial charge is 0.268 e. The summed E-state index contributed by atoms with van der Waals surface area (Å²) in [5.41, 5.74) is 3.33. The van der Waals surface area contributed by atoms with E-state index in [1.807, 2.05) is 43.5 Å². The lowest BCUT2D eigenvalue weighted by atomic mass is 9.74. The molecule has 1 saturated carbocycles. The summed E-state index contributed by atoms with van der Waals surface area (Å²) in [5.74, 6) is 1.50. The molecule has 2 heterocycles. The number of hydrogen-bond acceptors (Lipinski definition) is 3. The fourth-order valence-electron chi connectivity index (χ4n) is 6.61. The minimum Gasteiger partial charge on any atom is -0.296 e. The summed E-state index contributed by atoms with van der Waals surface area (Å²) in [6, 6.07) is 15.5. The van der Waals surface area contributed by atoms with E-state index in [1.54, 1.807) is 12.1 Å². The Morgan fingerprint density at radius 2 is 1.81 bits per heavy atom. The van der Waals surface area contributed by atoms with Crippen LogP contribution in [0.2, 0.25) is 0 Å². The van der Waals surface area contributed by atoms with Crippen LogP contribution in [0.4, 0.5) is 0 Å². The molecule has 32 heavy (non-hydrogen) atoms. The van der Waals surface area contributed by atoms with Crippen LogP contribution in [-0.4, -0.2) is 29.9 Å². The molecule has 4 nitrogen and oxygen atoms in total. The first-order valence-electron chi connectivity index (χ1n) is 11.7. The fourth-order valence-corrected chi connectivity index (χ4v) is 8.00. The SMILES string of the molecule is Cc1ccc(S(=O)(=O)n2cc(CN3C[C@@]4(CC3C)C[C@H]3C=C[C@@H]4C3)c3ccccc32)cc1. The summed E-state index contributed by atoms with van der Waals surface area (Å²) in [6.07, 6.45) is 10.6. The van der Waals surface area contributed by atoms with Crippen molar-refractivity contribution in [2.24, 2.45) is 17.3 Å². The predicted octanol–water partition coefficient (Wildman–Crippen LogP) is 5.36. The van der Waals surface area contributed by atoms with Crippen molar-refractivity contribution < 1.29 is 8.42 Å². The van der Waals surface area contributed by atoms with Crippen molar-refractivity contribution in [1.82, 2.24) is 8.87 Å². The summed E-state index contributed by atoms with van der Waals surface area (Å²) in [7, 11) is -3.65. The highest BCUT2D eigenvalue weighted by Crippen LogP contribution is 2.58. The Labute approximate surface area is 190 Å². The van der Waals surface area contributed by atoms with Gasteiger partial charge in [0, 0.05) is 30.7 Å². The van der Waals surface area contributed by atoms with Gasteiger partial charge in [-0.05, 0) is 74.1 Å². The molecule has 0 N–H and O–H groups in total. The van der Waals surface area contributed by atoms with Gasteiger partial charge >= 0.3 is 0 Å². The number of aryl methyl sites for hydroxylation is 1. The molecule has 2 bridgehead atoms. The molecule has 1 aromatic heterocycles. The van der Waals surface area contributed by atoms with Crippen LogP contribution in [0.15, 0.2) is 71.8 Å². The lowest BCUT2D eigenvalue weighted by molar-refractivity contribution is 0.206. The second-order valence-corrected chi connectivity index (χ2v) is 12.1. The molecule has 2 aromatic carbocycles. The van der Waals surface area contributed by atoms with E-state index in [2.05, 4.69) is 30.0 Å². The number of para-hydroxylation sites is 1. The van der Waals surface area contributed by atoms with Crippen molar-refractivity contribution >= 4 is 20.9 Å². The number of fused-ring (bicyclic) bond motifs is 4. The van der Waals surface area contributed by atoms with E-state index in [4.69, 9.17) is 0 Å². The Kier molecular flexibility index (Phi) is 4.47. The van der Waals surface area contributed by atoms with Gasteiger partial charge in [0.1, 0.15) is 0 Å². The molecule has 1 spiro atoms. The van der Waals surface area contributed by atoms with Crippen molar-refractivity contribution in [1.29, 1.82) is 0 Å². The zero-order valence-electron chi connectivity index (χ0n) is 18.7. The van der Waals surface area contributed by atoms with E-state index in [-0.39, 0.29) is 0 Å². The Bertz CT molecular complexity index is 1320. The van der Waals surface area contributed by atoms with Gasteiger partial charge in [0.2, 0.25) is 0 Å². The third-order valence-electron chi connectivity index (χ3n) is 8.18. The number of benzene rings is 2. The number of aromatic nitrogens is 1. The third-order valence-corrected chi connectivity index (χ3v) is 9.87. The second-order valence-electron chi connectivity index (χ2n) is 10.3. The Morgan fingerprint density at radius 1 is 1.03 bits per heavy atom. The largest absolute Gasteiger partial charge is 0.296 e. The van der Waals surface area contributed by atoms with Gasteiger partial charge in [-0.25, -0.2) is 12.4 Å². The summed E-state index contributed by atoms with van der Waals surface area (Å²) in [4.78, 5) is 2.91. The summed E-state index contributed by atoms with van der Waals surface area (Å²) >= 11 is 0. The highest BCUT2D eigenvalue weighted by Gasteiger charge is 2.53. The minimum absolute atomic E-state index is 0.331. The van der Waals surface area contributed by atoms with E-state index in [0.717, 1.165) is 47.0 Å². The van der Waals surface area contributed by atoms with Gasteiger partial charge in [0.15, 0.2) is 0 Å². The van der Waals surface area contributed by atoms with Gasteiger partial charge in [-0.15, -0.1) is 0 Å². The number of rotatable bonds is 4. The lowest BCUT2D eigenvalue weighted by Gasteiger charge is -2.31. The highest BCUT2D eigenvalue weighted by molar-refractivity contribution is 7.90. The number of hydrogen-bond donors (Lipinski definition) is 0. The van der Waals surface area contributed by atoms with E-state index in [0.29, 0.717) is 16.4 Å². The van der Waals surface area contributed by atoms with E-state index >= 15 is 0 Å². The van der Waals surface area contributed by atoms with E-state index in [9.17, 15) is 8.42 Å². The summed E-state index contributed by atoms with van der Waals surface area (Å²) < 4.78 is 28.5. The van der Waals surface area contributed by atoms with Gasteiger partial charge in [-0.1, -0.05) is 48.0 Å². The molecule has 2 aliphatic carbocycles. The van der Waals surface area contributed by atoms with Crippen LogP contribution in [0.1, 0.15) is 37.3 Å². The van der Waals surface area contributed by atoms with Crippen molar-refractivity contribution in [3.8, 4) is 0 Å². The molecule has 1 saturated heterocycles. The molecule has 1 unspecified atom stereocenters. The van der Waals surface area contributed by atoms with Gasteiger partial charge in [-0.3, -0.25) is 4.90 Å². The zero-order chi connectivity index (χ0) is 22.1. The topological polar surface area (TPSA) is 42.3 Å². The van der Waals surface area contributed by atoms with Crippen LogP contribution < -0.4 is 0 Å². The molecular weight excluding hydrogens is 416 g/mol. The molecule has 3 aromatic rings. The first kappa shape index (κ1) is 20.3. The van der Waals surface area contributed by atoms with Gasteiger partial charge in [-0.2, -0.15) is 0 Å². The van der Waals surface area contributed by atoms with Crippen molar-refractivity contribution in [2.75, 3.05) is 6.54 Å². The number of likely N-dealkylation sites (tertiary alicyclic amines) is 1. The van der Waals surface area contributed by atoms with Gasteiger partial charge < -0.3 is 0 Å². The first-order chi connectivity index (χ1) is 15.4. The summed E-state index contributed by atoms with van der Waals surface area (Å²) in [6.45, 7) is 6.22. The van der Waals surface area contributed by atoms with Crippen LogP contribution in [0.3, 0.4) is 0 Å². The van der Waals surface area contributed by atoms with Crippen molar-refractivity contribution in [2.45, 2.75) is 50.6 Å². The molecule has 3 aliphatic rings. The molecule has 4 atom stereocenters. The van der Waals surface area contributed by atoms with Gasteiger partial charge in [0.25, 0.3) is 10.0 Å². The Morgan fingerprint density at radius 3 is 2.53 bits per heavy atom. The molecule has 5 heteroatoms. The Hall–Kier alpha value is -2.37. The van der Waals surface area contributed by atoms with Crippen molar-refractivity contribution in [3.05, 3.63) is 78.0 Å². The first-order valence-corrected chi connectivity index (χ1v) is 13.1. The molecular formula is C27H30N2O2S. The van der Waals surface area contributed by atoms with Crippen LogP contribution >= 0.6 is 0 Å². The monoisotopic (exact) mass is 446 g/mol. The molecule has 1 aliphatic heterocycles. The maximum Gasteiger partial charge on any atom is 0.268 e. The lowest BCUT2D eigenvalue weighted by Crippen LogP contribution is -2.31. The maximum absolute atomic E-state index is 13.5. The zero-order valence-corrected chi connectivity index (χ0v) is 19.6. The Balaban J connectivity index is 1.36. The molecule has 166 valence electrons. The quantitative estimate of drug-likeness (QED) is 0.507. The van der Waals surface area contributed by atoms with E-state index < -0.39 is 10.0 Å². The normalized spacial score (nSPS) is 29.6. The number of allylic oxidation sites excluding steroid dienone is 2. The standard InChI is InChI=1S/C27H30N2O2S/c1-19-7-11-24(12-8-19)32(30,31)29-17-22(25-5-3-4-6-26(25)29)16-28-18-27(14-20(28)2)15-21-9-10-23(27)13-21/h3-12,17,20-21,23H,13-16,18H2,1-2H3/t20?,21-,23+,27+/m0/s1. The predicted molar refractivity (Wildman–Crippen MR) is 128 cm³/mol. The number of nitrogens with zero attached hydrogens (tertiary/aromatic N) is 2. The van der Waals surface area contributed by atoms with Crippen LogP contribution in [0.5, 0.6) is 0 Å². The van der Waals surface area contributed by atoms with E-state index in [1.165, 1.54) is 23.2 Å². The highest BCUT2D eigenvalue weighted by atomic mass is 32.2. The molecule has 2 fully saturated rings. The second kappa shape index (κ2) is 7.06. The molecule has 6 rings (SSSR count). The van der Waals surface area contributed by atoms with Crippen LogP contribution in [0.25, 0.3) is 10.9 Å².